The second-order valence-electron chi connectivity index (χ2n) is 3.17. The number of aromatic nitrogens is 1. The smallest absolute Gasteiger partial charge is 0.130 e. The fourth-order valence-corrected chi connectivity index (χ4v) is 1.32. The van der Waals surface area contributed by atoms with Crippen molar-refractivity contribution in [1.29, 1.82) is 0 Å². The van der Waals surface area contributed by atoms with E-state index in [1.807, 2.05) is 19.1 Å². The molecule has 1 heterocycles. The molecule has 0 amide bonds. The third-order valence-corrected chi connectivity index (χ3v) is 2.07. The summed E-state index contributed by atoms with van der Waals surface area (Å²) in [4.78, 5) is 3.94. The number of pyridine rings is 1. The molecule has 0 unspecified atom stereocenters. The summed E-state index contributed by atoms with van der Waals surface area (Å²) >= 11 is 0. The first-order chi connectivity index (χ1) is 6.86. The molecule has 0 saturated heterocycles. The van der Waals surface area contributed by atoms with Crippen LogP contribution in [-0.4, -0.2) is 4.98 Å². The highest BCUT2D eigenvalue weighted by Crippen LogP contribution is 2.21. The third kappa shape index (κ3) is 2.02. The van der Waals surface area contributed by atoms with Gasteiger partial charge in [-0.05, 0) is 43.5 Å². The number of hydrogen-bond acceptors (Lipinski definition) is 2. The van der Waals surface area contributed by atoms with E-state index in [-0.39, 0.29) is 0 Å². The molecule has 1 radical (unpaired) electrons. The molecule has 2 heteroatoms. The minimum Gasteiger partial charge on any atom is -0.457 e. The Morgan fingerprint density at radius 3 is 2.79 bits per heavy atom. The summed E-state index contributed by atoms with van der Waals surface area (Å²) < 4.78 is 5.70. The van der Waals surface area contributed by atoms with Gasteiger partial charge in [-0.1, -0.05) is 6.08 Å². The Balaban J connectivity index is 2.12. The molecule has 2 rings (SSSR count). The summed E-state index contributed by atoms with van der Waals surface area (Å²) in [7, 11) is 0. The minimum atomic E-state index is 0.834. The topological polar surface area (TPSA) is 22.1 Å². The van der Waals surface area contributed by atoms with E-state index in [1.165, 1.54) is 0 Å². The van der Waals surface area contributed by atoms with Crippen molar-refractivity contribution in [1.82, 2.24) is 4.98 Å². The first-order valence-corrected chi connectivity index (χ1v) is 4.65. The van der Waals surface area contributed by atoms with Crippen LogP contribution in [0.2, 0.25) is 0 Å². The van der Waals surface area contributed by atoms with Crippen molar-refractivity contribution in [3.8, 4) is 5.75 Å². The van der Waals surface area contributed by atoms with Gasteiger partial charge in [0.2, 0.25) is 0 Å². The largest absolute Gasteiger partial charge is 0.457 e. The van der Waals surface area contributed by atoms with E-state index in [2.05, 4.69) is 23.6 Å². The molecule has 1 aliphatic rings. The first kappa shape index (κ1) is 9.00. The molecule has 1 aromatic heterocycles. The van der Waals surface area contributed by atoms with Crippen LogP contribution in [-0.2, 0) is 0 Å². The molecular formula is C12H12NO. The normalized spacial score (nSPS) is 15.8. The van der Waals surface area contributed by atoms with E-state index in [1.54, 1.807) is 12.4 Å². The lowest BCUT2D eigenvalue weighted by Crippen LogP contribution is -2.00. The monoisotopic (exact) mass is 186 g/mol. The molecule has 1 aliphatic carbocycles. The molecule has 0 bridgehead atoms. The molecule has 1 aromatic rings. The third-order valence-electron chi connectivity index (χ3n) is 2.07. The molecular weight excluding hydrogens is 174 g/mol. The highest BCUT2D eigenvalue weighted by atomic mass is 16.5. The Kier molecular flexibility index (Phi) is 2.63. The van der Waals surface area contributed by atoms with Crippen LogP contribution in [0, 0.1) is 6.42 Å². The minimum absolute atomic E-state index is 0.834. The van der Waals surface area contributed by atoms with Crippen LogP contribution in [0.1, 0.15) is 13.3 Å². The van der Waals surface area contributed by atoms with Crippen molar-refractivity contribution < 1.29 is 4.74 Å². The van der Waals surface area contributed by atoms with Crippen molar-refractivity contribution in [2.24, 2.45) is 0 Å². The lowest BCUT2D eigenvalue weighted by Gasteiger charge is -2.13. The summed E-state index contributed by atoms with van der Waals surface area (Å²) in [5, 5.41) is 0. The quantitative estimate of drug-likeness (QED) is 0.708. The Bertz CT molecular complexity index is 365. The number of nitrogens with zero attached hydrogens (tertiary/aromatic N) is 1. The van der Waals surface area contributed by atoms with Gasteiger partial charge in [0.15, 0.2) is 0 Å². The lowest BCUT2D eigenvalue weighted by atomic mass is 10.1. The summed E-state index contributed by atoms with van der Waals surface area (Å²) in [6, 6.07) is 3.71. The van der Waals surface area contributed by atoms with E-state index in [0.29, 0.717) is 0 Å². The molecule has 0 aliphatic heterocycles. The molecule has 0 saturated carbocycles. The zero-order chi connectivity index (χ0) is 9.80. The van der Waals surface area contributed by atoms with Gasteiger partial charge in [-0.3, -0.25) is 4.98 Å². The number of rotatable bonds is 2. The molecule has 0 spiro atoms. The molecule has 0 fully saturated rings. The highest BCUT2D eigenvalue weighted by Gasteiger charge is 2.06. The van der Waals surface area contributed by atoms with Crippen molar-refractivity contribution in [2.75, 3.05) is 0 Å². The van der Waals surface area contributed by atoms with E-state index in [9.17, 15) is 0 Å². The van der Waals surface area contributed by atoms with Gasteiger partial charge >= 0.3 is 0 Å². The van der Waals surface area contributed by atoms with E-state index >= 15 is 0 Å². The SMILES string of the molecule is CC1=C[CH]CC=C1Oc1ccncc1. The van der Waals surface area contributed by atoms with Crippen LogP contribution >= 0.6 is 0 Å². The number of ether oxygens (including phenoxy) is 1. The molecule has 14 heavy (non-hydrogen) atoms. The highest BCUT2D eigenvalue weighted by molar-refractivity contribution is 5.34. The second kappa shape index (κ2) is 4.09. The van der Waals surface area contributed by atoms with Crippen molar-refractivity contribution in [3.63, 3.8) is 0 Å². The van der Waals surface area contributed by atoms with Crippen LogP contribution in [0.3, 0.4) is 0 Å². The average molecular weight is 186 g/mol. The lowest BCUT2D eigenvalue weighted by molar-refractivity contribution is 0.431. The maximum atomic E-state index is 5.70. The van der Waals surface area contributed by atoms with Gasteiger partial charge in [0.05, 0.1) is 0 Å². The Morgan fingerprint density at radius 2 is 2.07 bits per heavy atom. The Labute approximate surface area is 83.9 Å². The fourth-order valence-electron chi connectivity index (χ4n) is 1.32. The Morgan fingerprint density at radius 1 is 1.29 bits per heavy atom. The zero-order valence-corrected chi connectivity index (χ0v) is 8.10. The molecule has 0 aromatic carbocycles. The maximum Gasteiger partial charge on any atom is 0.130 e. The summed E-state index contributed by atoms with van der Waals surface area (Å²) in [6.45, 7) is 2.04. The molecule has 71 valence electrons. The van der Waals surface area contributed by atoms with Crippen LogP contribution < -0.4 is 4.74 Å². The zero-order valence-electron chi connectivity index (χ0n) is 8.10. The fraction of sp³-hybridized carbons (Fsp3) is 0.167. The summed E-state index contributed by atoms with van der Waals surface area (Å²) in [5.41, 5.74) is 1.16. The number of hydrogen-bond donors (Lipinski definition) is 0. The van der Waals surface area contributed by atoms with Crippen LogP contribution in [0.4, 0.5) is 0 Å². The van der Waals surface area contributed by atoms with E-state index < -0.39 is 0 Å². The van der Waals surface area contributed by atoms with Gasteiger partial charge in [-0.2, -0.15) is 0 Å². The van der Waals surface area contributed by atoms with E-state index in [0.717, 1.165) is 23.5 Å². The maximum absolute atomic E-state index is 5.70. The van der Waals surface area contributed by atoms with Gasteiger partial charge in [-0.15, -0.1) is 0 Å². The molecule has 0 N–H and O–H groups in total. The first-order valence-electron chi connectivity index (χ1n) is 4.65. The van der Waals surface area contributed by atoms with Crippen LogP contribution in [0.25, 0.3) is 0 Å². The van der Waals surface area contributed by atoms with Crippen molar-refractivity contribution in [2.45, 2.75) is 13.3 Å². The van der Waals surface area contributed by atoms with Crippen LogP contribution in [0.5, 0.6) is 5.75 Å². The van der Waals surface area contributed by atoms with E-state index in [4.69, 9.17) is 4.74 Å². The predicted molar refractivity (Wildman–Crippen MR) is 55.6 cm³/mol. The molecule has 0 atom stereocenters. The van der Waals surface area contributed by atoms with Gasteiger partial charge < -0.3 is 4.74 Å². The standard InChI is InChI=1S/C12H12NO/c1-10-4-2-3-5-12(10)14-11-6-8-13-9-7-11/h2,4-9H,3H2,1H3. The van der Waals surface area contributed by atoms with Gasteiger partial charge in [0, 0.05) is 12.4 Å². The summed E-state index contributed by atoms with van der Waals surface area (Å²) in [6.07, 6.45) is 10.7. The predicted octanol–water partition coefficient (Wildman–Crippen LogP) is 2.90. The van der Waals surface area contributed by atoms with Crippen LogP contribution in [0.15, 0.2) is 48.0 Å². The van der Waals surface area contributed by atoms with Gasteiger partial charge in [-0.25, -0.2) is 0 Å². The number of allylic oxidation sites excluding steroid dienone is 3. The summed E-state index contributed by atoms with van der Waals surface area (Å²) in [5.74, 6) is 1.78. The second-order valence-corrected chi connectivity index (χ2v) is 3.17. The van der Waals surface area contributed by atoms with Crippen molar-refractivity contribution in [3.05, 3.63) is 54.4 Å². The van der Waals surface area contributed by atoms with Gasteiger partial charge in [0.25, 0.3) is 0 Å². The Hall–Kier alpha value is -1.57. The van der Waals surface area contributed by atoms with Crippen molar-refractivity contribution >= 4 is 0 Å². The average Bonchev–Trinajstić information content (AvgIpc) is 2.23. The van der Waals surface area contributed by atoms with Gasteiger partial charge in [0.1, 0.15) is 11.5 Å². The molecule has 2 nitrogen and oxygen atoms in total.